The molecule has 0 fully saturated rings. The van der Waals surface area contributed by atoms with Gasteiger partial charge in [-0.1, -0.05) is 0 Å². The van der Waals surface area contributed by atoms with Crippen molar-refractivity contribution in [2.75, 3.05) is 14.1 Å². The summed E-state index contributed by atoms with van der Waals surface area (Å²) in [6.45, 7) is 0. The van der Waals surface area contributed by atoms with Crippen molar-refractivity contribution < 1.29 is 14.1 Å². The van der Waals surface area contributed by atoms with Gasteiger partial charge in [-0.25, -0.2) is 10.2 Å². The first-order valence-corrected chi connectivity index (χ1v) is 6.17. The normalized spacial score (nSPS) is 10.9. The number of nitrogens with zero attached hydrogens (tertiary/aromatic N) is 5. The van der Waals surface area contributed by atoms with Gasteiger partial charge in [0.1, 0.15) is 10.6 Å². The number of aromatic nitrogens is 2. The maximum Gasteiger partial charge on any atom is 0.433 e. The molecule has 2 aromatic rings. The molecule has 22 heavy (non-hydrogen) atoms. The smallest absolute Gasteiger partial charge is 0.399 e. The van der Waals surface area contributed by atoms with Crippen molar-refractivity contribution >= 4 is 18.1 Å². The van der Waals surface area contributed by atoms with Crippen LogP contribution in [0.15, 0.2) is 27.8 Å². The van der Waals surface area contributed by atoms with E-state index in [0.717, 1.165) is 0 Å². The molecule has 0 aliphatic rings. The number of hydrazone groups is 1. The van der Waals surface area contributed by atoms with E-state index in [4.69, 9.17) is 4.42 Å². The molecular weight excluding hydrogens is 292 g/mol. The lowest BCUT2D eigenvalue weighted by molar-refractivity contribution is -0.401. The number of aryl methyl sites for hydroxylation is 1. The summed E-state index contributed by atoms with van der Waals surface area (Å²) >= 11 is 0. The number of nitrogens with one attached hydrogen (secondary N) is 1. The molecule has 10 heteroatoms. The Balaban J connectivity index is 2.24. The number of carbonyl (C=O) groups excluding carboxylic acids is 1. The van der Waals surface area contributed by atoms with Gasteiger partial charge >= 0.3 is 11.9 Å². The Morgan fingerprint density at radius 2 is 2.27 bits per heavy atom. The maximum absolute atomic E-state index is 11.4. The first kappa shape index (κ1) is 15.2. The molecule has 1 N–H and O–H groups in total. The van der Waals surface area contributed by atoms with E-state index >= 15 is 0 Å². The molecule has 0 aromatic carbocycles. The summed E-state index contributed by atoms with van der Waals surface area (Å²) in [7, 11) is 4.86. The molecule has 10 nitrogen and oxygen atoms in total. The lowest BCUT2D eigenvalue weighted by Gasteiger charge is -2.07. The summed E-state index contributed by atoms with van der Waals surface area (Å²) in [5.74, 6) is -0.128. The molecular formula is C12H14N6O4. The van der Waals surface area contributed by atoms with Gasteiger partial charge in [-0.3, -0.25) is 14.8 Å². The van der Waals surface area contributed by atoms with E-state index in [-0.39, 0.29) is 17.7 Å². The van der Waals surface area contributed by atoms with Crippen LogP contribution in [0.1, 0.15) is 5.56 Å². The Kier molecular flexibility index (Phi) is 4.20. The van der Waals surface area contributed by atoms with E-state index in [1.807, 2.05) is 0 Å². The quantitative estimate of drug-likeness (QED) is 0.517. The highest BCUT2D eigenvalue weighted by molar-refractivity contribution is 5.88. The van der Waals surface area contributed by atoms with E-state index < -0.39 is 4.92 Å². The Hall–Kier alpha value is -3.17. The third-order valence-electron chi connectivity index (χ3n) is 2.63. The van der Waals surface area contributed by atoms with Crippen LogP contribution in [-0.2, 0) is 7.05 Å². The first-order valence-electron chi connectivity index (χ1n) is 6.17. The number of hydrogen-bond donors (Lipinski definition) is 1. The van der Waals surface area contributed by atoms with Gasteiger partial charge in [-0.15, -0.1) is 0 Å². The lowest BCUT2D eigenvalue weighted by atomic mass is 10.2. The van der Waals surface area contributed by atoms with Crippen molar-refractivity contribution in [1.29, 1.82) is 0 Å². The van der Waals surface area contributed by atoms with Gasteiger partial charge in [-0.2, -0.15) is 10.2 Å². The molecule has 2 aromatic heterocycles. The molecule has 2 heterocycles. The molecule has 0 bridgehead atoms. The summed E-state index contributed by atoms with van der Waals surface area (Å²) in [6, 6.07) is 2.32. The number of urea groups is 1. The highest BCUT2D eigenvalue weighted by Gasteiger charge is 2.17. The third-order valence-corrected chi connectivity index (χ3v) is 2.63. The Labute approximate surface area is 125 Å². The third kappa shape index (κ3) is 3.29. The van der Waals surface area contributed by atoms with Crippen LogP contribution in [0.3, 0.4) is 0 Å². The van der Waals surface area contributed by atoms with Gasteiger partial charge in [0.2, 0.25) is 0 Å². The highest BCUT2D eigenvalue weighted by Crippen LogP contribution is 2.26. The van der Waals surface area contributed by atoms with Crippen LogP contribution in [0.25, 0.3) is 11.5 Å². The van der Waals surface area contributed by atoms with Crippen molar-refractivity contribution in [3.05, 3.63) is 34.0 Å². The van der Waals surface area contributed by atoms with Gasteiger partial charge in [0.25, 0.3) is 0 Å². The second-order valence-corrected chi connectivity index (χ2v) is 4.57. The number of hydrogen-bond acceptors (Lipinski definition) is 6. The number of nitro groups is 1. The Morgan fingerprint density at radius 1 is 1.55 bits per heavy atom. The molecule has 0 aliphatic carbocycles. The standard InChI is InChI=1S/C12H14N6O4/c1-16(2)12(19)14-13-6-8-7-17(3)15-11(8)9-4-5-10(22-9)18(20)21/h4-7H,1-3H3,(H,14,19). The van der Waals surface area contributed by atoms with Crippen molar-refractivity contribution in [1.82, 2.24) is 20.1 Å². The fourth-order valence-corrected chi connectivity index (χ4v) is 1.60. The zero-order valence-corrected chi connectivity index (χ0v) is 12.2. The Bertz CT molecular complexity index is 730. The second kappa shape index (κ2) is 6.08. The van der Waals surface area contributed by atoms with Gasteiger partial charge < -0.3 is 9.32 Å². The van der Waals surface area contributed by atoms with Crippen molar-refractivity contribution in [2.45, 2.75) is 0 Å². The molecule has 0 atom stereocenters. The molecule has 0 spiro atoms. The topological polar surface area (TPSA) is 119 Å². The molecule has 0 unspecified atom stereocenters. The van der Waals surface area contributed by atoms with Crippen LogP contribution in [0.4, 0.5) is 10.7 Å². The minimum absolute atomic E-state index is 0.243. The number of rotatable bonds is 4. The van der Waals surface area contributed by atoms with E-state index in [9.17, 15) is 14.9 Å². The van der Waals surface area contributed by atoms with Crippen LogP contribution in [0, 0.1) is 10.1 Å². The fraction of sp³-hybridized carbons (Fsp3) is 0.250. The van der Waals surface area contributed by atoms with Gasteiger partial charge in [0, 0.05) is 32.9 Å². The minimum Gasteiger partial charge on any atom is -0.399 e. The summed E-state index contributed by atoms with van der Waals surface area (Å²) in [5.41, 5.74) is 3.26. The fourth-order valence-electron chi connectivity index (χ4n) is 1.60. The largest absolute Gasteiger partial charge is 0.433 e. The zero-order chi connectivity index (χ0) is 16.3. The molecule has 0 aliphatic heterocycles. The number of carbonyl (C=O) groups is 1. The molecule has 0 saturated carbocycles. The van der Waals surface area contributed by atoms with Crippen molar-refractivity contribution in [2.24, 2.45) is 12.1 Å². The van der Waals surface area contributed by atoms with Crippen LogP contribution in [0.2, 0.25) is 0 Å². The first-order chi connectivity index (χ1) is 10.4. The summed E-state index contributed by atoms with van der Waals surface area (Å²) < 4.78 is 6.63. The average Bonchev–Trinajstić information content (AvgIpc) is 3.05. The van der Waals surface area contributed by atoms with Crippen LogP contribution >= 0.6 is 0 Å². The molecule has 2 amide bonds. The SMILES string of the molecule is CN(C)C(=O)NN=Cc1cn(C)nc1-c1ccc([N+](=O)[O-])o1. The second-order valence-electron chi connectivity index (χ2n) is 4.57. The van der Waals surface area contributed by atoms with Crippen LogP contribution in [-0.4, -0.2) is 45.9 Å². The minimum atomic E-state index is -0.627. The van der Waals surface area contributed by atoms with Crippen molar-refractivity contribution in [3.8, 4) is 11.5 Å². The molecule has 2 rings (SSSR count). The molecule has 116 valence electrons. The average molecular weight is 306 g/mol. The predicted octanol–water partition coefficient (Wildman–Crippen LogP) is 1.19. The Morgan fingerprint density at radius 3 is 2.86 bits per heavy atom. The van der Waals surface area contributed by atoms with E-state index in [1.54, 1.807) is 27.3 Å². The van der Waals surface area contributed by atoms with E-state index in [2.05, 4.69) is 15.6 Å². The van der Waals surface area contributed by atoms with Gasteiger partial charge in [0.15, 0.2) is 5.76 Å². The van der Waals surface area contributed by atoms with E-state index in [0.29, 0.717) is 11.3 Å². The zero-order valence-electron chi connectivity index (χ0n) is 12.2. The highest BCUT2D eigenvalue weighted by atomic mass is 16.6. The van der Waals surface area contributed by atoms with Crippen LogP contribution < -0.4 is 5.43 Å². The van der Waals surface area contributed by atoms with Gasteiger partial charge in [-0.05, 0) is 6.07 Å². The molecule has 0 saturated heterocycles. The monoisotopic (exact) mass is 306 g/mol. The molecule has 0 radical (unpaired) electrons. The van der Waals surface area contributed by atoms with Gasteiger partial charge in [0.05, 0.1) is 12.3 Å². The van der Waals surface area contributed by atoms with Crippen molar-refractivity contribution in [3.63, 3.8) is 0 Å². The number of amides is 2. The summed E-state index contributed by atoms with van der Waals surface area (Å²) in [6.07, 6.45) is 3.03. The lowest BCUT2D eigenvalue weighted by Crippen LogP contribution is -2.31. The number of furan rings is 1. The predicted molar refractivity (Wildman–Crippen MR) is 77.4 cm³/mol. The van der Waals surface area contributed by atoms with Crippen LogP contribution in [0.5, 0.6) is 0 Å². The summed E-state index contributed by atoms with van der Waals surface area (Å²) in [5, 5.41) is 18.6. The maximum atomic E-state index is 11.4. The summed E-state index contributed by atoms with van der Waals surface area (Å²) in [4.78, 5) is 22.7. The van der Waals surface area contributed by atoms with E-state index in [1.165, 1.54) is 27.9 Å².